The molecule has 19 heavy (non-hydrogen) atoms. The van der Waals surface area contributed by atoms with E-state index >= 15 is 0 Å². The van der Waals surface area contributed by atoms with E-state index in [4.69, 9.17) is 14.6 Å². The van der Waals surface area contributed by atoms with Crippen LogP contribution in [0.4, 0.5) is 0 Å². The Labute approximate surface area is 112 Å². The highest BCUT2D eigenvalue weighted by molar-refractivity contribution is 5.43. The van der Waals surface area contributed by atoms with Crippen LogP contribution in [0.2, 0.25) is 0 Å². The molecule has 1 aliphatic heterocycles. The third-order valence-corrected chi connectivity index (χ3v) is 3.07. The minimum Gasteiger partial charge on any atom is -0.491 e. The van der Waals surface area contributed by atoms with Gasteiger partial charge in [0.25, 0.3) is 0 Å². The highest BCUT2D eigenvalue weighted by atomic mass is 16.5. The van der Waals surface area contributed by atoms with E-state index < -0.39 is 17.8 Å². The Balaban J connectivity index is 2.14. The molecule has 1 aromatic carbocycles. The monoisotopic (exact) mass is 268 g/mol. The molecule has 0 radical (unpaired) electrons. The van der Waals surface area contributed by atoms with Crippen LogP contribution in [0.15, 0.2) is 18.2 Å². The Hall–Kier alpha value is -1.30. The topological polar surface area (TPSA) is 79.2 Å². The molecule has 1 aromatic rings. The van der Waals surface area contributed by atoms with E-state index in [2.05, 4.69) is 0 Å². The molecule has 0 saturated heterocycles. The van der Waals surface area contributed by atoms with Crippen molar-refractivity contribution in [1.82, 2.24) is 0 Å². The second-order valence-corrected chi connectivity index (χ2v) is 5.43. The van der Waals surface area contributed by atoms with Gasteiger partial charge in [0, 0.05) is 18.1 Å². The van der Waals surface area contributed by atoms with Crippen molar-refractivity contribution in [3.05, 3.63) is 23.8 Å². The predicted molar refractivity (Wildman–Crippen MR) is 69.3 cm³/mol. The molecule has 5 nitrogen and oxygen atoms in total. The van der Waals surface area contributed by atoms with Crippen molar-refractivity contribution < 1.29 is 24.8 Å². The Kier molecular flexibility index (Phi) is 3.99. The third-order valence-electron chi connectivity index (χ3n) is 3.07. The van der Waals surface area contributed by atoms with Crippen molar-refractivity contribution in [2.75, 3.05) is 13.2 Å². The van der Waals surface area contributed by atoms with Gasteiger partial charge >= 0.3 is 0 Å². The molecule has 0 amide bonds. The number of rotatable bonds is 4. The Morgan fingerprint density at radius 3 is 2.89 bits per heavy atom. The maximum absolute atomic E-state index is 10.1. The molecule has 1 aliphatic rings. The molecule has 0 spiro atoms. The van der Waals surface area contributed by atoms with Crippen LogP contribution in [0, 0.1) is 0 Å². The lowest BCUT2D eigenvalue weighted by atomic mass is 9.92. The van der Waals surface area contributed by atoms with Gasteiger partial charge in [0.2, 0.25) is 0 Å². The van der Waals surface area contributed by atoms with Gasteiger partial charge < -0.3 is 24.8 Å². The summed E-state index contributed by atoms with van der Waals surface area (Å²) in [6.45, 7) is 3.51. The predicted octanol–water partition coefficient (Wildman–Crippen LogP) is 1.01. The summed E-state index contributed by atoms with van der Waals surface area (Å²) in [7, 11) is 0. The third kappa shape index (κ3) is 3.37. The molecule has 1 heterocycles. The molecule has 0 bridgehead atoms. The van der Waals surface area contributed by atoms with Crippen LogP contribution in [0.5, 0.6) is 11.5 Å². The molecular weight excluding hydrogens is 248 g/mol. The van der Waals surface area contributed by atoms with Gasteiger partial charge in [-0.05, 0) is 26.0 Å². The average Bonchev–Trinajstić information content (AvgIpc) is 2.33. The molecule has 0 aromatic heterocycles. The van der Waals surface area contributed by atoms with Gasteiger partial charge in [-0.25, -0.2) is 0 Å². The second-order valence-electron chi connectivity index (χ2n) is 5.43. The smallest absolute Gasteiger partial charge is 0.129 e. The summed E-state index contributed by atoms with van der Waals surface area (Å²) in [5.41, 5.74) is 0.324. The Morgan fingerprint density at radius 1 is 1.47 bits per heavy atom. The van der Waals surface area contributed by atoms with Crippen LogP contribution in [-0.4, -0.2) is 40.2 Å². The number of benzene rings is 1. The van der Waals surface area contributed by atoms with Crippen LogP contribution in [0.25, 0.3) is 0 Å². The van der Waals surface area contributed by atoms with Gasteiger partial charge in [-0.1, -0.05) is 0 Å². The summed E-state index contributed by atoms with van der Waals surface area (Å²) >= 11 is 0. The average molecular weight is 268 g/mol. The summed E-state index contributed by atoms with van der Waals surface area (Å²) in [6, 6.07) is 5.17. The van der Waals surface area contributed by atoms with E-state index in [-0.39, 0.29) is 13.2 Å². The largest absolute Gasteiger partial charge is 0.491 e. The second kappa shape index (κ2) is 5.36. The van der Waals surface area contributed by atoms with E-state index in [0.717, 1.165) is 5.56 Å². The highest BCUT2D eigenvalue weighted by Crippen LogP contribution is 2.40. The minimum atomic E-state index is -0.904. The van der Waals surface area contributed by atoms with Crippen molar-refractivity contribution in [2.24, 2.45) is 0 Å². The summed E-state index contributed by atoms with van der Waals surface area (Å²) in [5, 5.41) is 28.0. The normalized spacial score (nSPS) is 22.3. The first-order valence-corrected chi connectivity index (χ1v) is 6.34. The molecule has 0 fully saturated rings. The minimum absolute atomic E-state index is 0.0151. The summed E-state index contributed by atoms with van der Waals surface area (Å²) in [4.78, 5) is 0. The summed E-state index contributed by atoms with van der Waals surface area (Å²) in [6.07, 6.45) is -0.904. The molecule has 2 rings (SSSR count). The zero-order chi connectivity index (χ0) is 14.0. The fourth-order valence-corrected chi connectivity index (χ4v) is 2.13. The van der Waals surface area contributed by atoms with Crippen LogP contribution >= 0.6 is 0 Å². The van der Waals surface area contributed by atoms with Gasteiger partial charge in [-0.15, -0.1) is 0 Å². The molecular formula is C14H20O5. The van der Waals surface area contributed by atoms with Crippen LogP contribution in [0.1, 0.15) is 31.9 Å². The molecule has 3 N–H and O–H groups in total. The van der Waals surface area contributed by atoms with E-state index in [9.17, 15) is 10.2 Å². The zero-order valence-corrected chi connectivity index (χ0v) is 11.2. The highest BCUT2D eigenvalue weighted by Gasteiger charge is 2.32. The first kappa shape index (κ1) is 14.1. The lowest BCUT2D eigenvalue weighted by Crippen LogP contribution is -2.34. The first-order chi connectivity index (χ1) is 8.91. The molecule has 106 valence electrons. The van der Waals surface area contributed by atoms with Crippen molar-refractivity contribution in [2.45, 2.75) is 38.1 Å². The van der Waals surface area contributed by atoms with Crippen molar-refractivity contribution in [3.8, 4) is 11.5 Å². The molecule has 2 unspecified atom stereocenters. The van der Waals surface area contributed by atoms with E-state index in [1.807, 2.05) is 13.8 Å². The van der Waals surface area contributed by atoms with Crippen molar-refractivity contribution in [3.63, 3.8) is 0 Å². The van der Waals surface area contributed by atoms with Gasteiger partial charge in [0.15, 0.2) is 0 Å². The van der Waals surface area contributed by atoms with Gasteiger partial charge in [-0.2, -0.15) is 0 Å². The fourth-order valence-electron chi connectivity index (χ4n) is 2.13. The summed E-state index contributed by atoms with van der Waals surface area (Å²) in [5.74, 6) is 1.14. The molecule has 2 atom stereocenters. The Morgan fingerprint density at radius 2 is 2.21 bits per heavy atom. The van der Waals surface area contributed by atoms with Crippen LogP contribution < -0.4 is 9.47 Å². The number of ether oxygens (including phenoxy) is 2. The number of fused-ring (bicyclic) bond motifs is 1. The SMILES string of the molecule is CC1(C)CC(O)c2ccc(OCC(O)CO)cc2O1. The van der Waals surface area contributed by atoms with Crippen LogP contribution in [0.3, 0.4) is 0 Å². The number of aliphatic hydroxyl groups excluding tert-OH is 3. The van der Waals surface area contributed by atoms with Crippen molar-refractivity contribution in [1.29, 1.82) is 0 Å². The van der Waals surface area contributed by atoms with Crippen molar-refractivity contribution >= 4 is 0 Å². The Bertz CT molecular complexity index is 443. The first-order valence-electron chi connectivity index (χ1n) is 6.34. The van der Waals surface area contributed by atoms with E-state index in [0.29, 0.717) is 17.9 Å². The quantitative estimate of drug-likeness (QED) is 0.759. The zero-order valence-electron chi connectivity index (χ0n) is 11.2. The molecule has 0 aliphatic carbocycles. The number of hydrogen-bond donors (Lipinski definition) is 3. The van der Waals surface area contributed by atoms with Gasteiger partial charge in [0.05, 0.1) is 12.7 Å². The lowest BCUT2D eigenvalue weighted by Gasteiger charge is -2.35. The van der Waals surface area contributed by atoms with Crippen LogP contribution in [-0.2, 0) is 0 Å². The molecule has 0 saturated carbocycles. The lowest BCUT2D eigenvalue weighted by molar-refractivity contribution is 0.0109. The van der Waals surface area contributed by atoms with Gasteiger partial charge in [0.1, 0.15) is 29.8 Å². The molecule has 5 heteroatoms. The van der Waals surface area contributed by atoms with Gasteiger partial charge in [-0.3, -0.25) is 0 Å². The van der Waals surface area contributed by atoms with E-state index in [1.165, 1.54) is 0 Å². The maximum Gasteiger partial charge on any atom is 0.129 e. The van der Waals surface area contributed by atoms with E-state index in [1.54, 1.807) is 18.2 Å². The standard InChI is InChI=1S/C14H20O5/c1-14(2)6-12(17)11-4-3-10(5-13(11)19-14)18-8-9(16)7-15/h3-5,9,12,15-17H,6-8H2,1-2H3. The number of hydrogen-bond acceptors (Lipinski definition) is 5. The fraction of sp³-hybridized carbons (Fsp3) is 0.571. The maximum atomic E-state index is 10.1. The number of aliphatic hydroxyl groups is 3. The summed E-state index contributed by atoms with van der Waals surface area (Å²) < 4.78 is 11.2.